The number of thiol groups is 1. The highest BCUT2D eigenvalue weighted by molar-refractivity contribution is 7.81. The molecule has 0 radical (unpaired) electrons. The van der Waals surface area contributed by atoms with Crippen molar-refractivity contribution in [3.05, 3.63) is 29.3 Å². The summed E-state index contributed by atoms with van der Waals surface area (Å²) in [5.74, 6) is 1.55. The smallest absolute Gasteiger partial charge is 0.172 e. The number of hydrogen-bond acceptors (Lipinski definition) is 7. The van der Waals surface area contributed by atoms with Crippen LogP contribution in [0.25, 0.3) is 0 Å². The molecule has 3 aliphatic carbocycles. The van der Waals surface area contributed by atoms with Crippen molar-refractivity contribution in [1.29, 1.82) is 0 Å². The highest BCUT2D eigenvalue weighted by Gasteiger charge is 2.55. The zero-order chi connectivity index (χ0) is 23.5. The van der Waals surface area contributed by atoms with E-state index in [0.717, 1.165) is 49.9 Å². The first-order valence-electron chi connectivity index (χ1n) is 11.6. The molecule has 178 valence electrons. The maximum absolute atomic E-state index is 10.5. The fraction of sp³-hybridized carbons (Fsp3) is 0.680. The minimum absolute atomic E-state index is 0.00957. The molecule has 0 spiro atoms. The molecular weight excluding hydrogens is 424 g/mol. The van der Waals surface area contributed by atoms with E-state index >= 15 is 0 Å². The second kappa shape index (κ2) is 10.1. The molecule has 3 aliphatic rings. The van der Waals surface area contributed by atoms with Crippen molar-refractivity contribution in [2.24, 2.45) is 22.4 Å². The van der Waals surface area contributed by atoms with Crippen molar-refractivity contribution in [3.63, 3.8) is 0 Å². The van der Waals surface area contributed by atoms with Gasteiger partial charge >= 0.3 is 0 Å². The number of carbonyl (C=O) groups excluding carboxylic acids is 1. The van der Waals surface area contributed by atoms with Gasteiger partial charge in [-0.15, -0.1) is 0 Å². The number of phenols is 1. The molecule has 1 aromatic carbocycles. The summed E-state index contributed by atoms with van der Waals surface area (Å²) in [4.78, 5) is 15.7. The Kier molecular flexibility index (Phi) is 7.94. The van der Waals surface area contributed by atoms with Crippen molar-refractivity contribution in [3.8, 4) is 5.75 Å². The molecule has 0 saturated heterocycles. The van der Waals surface area contributed by atoms with Crippen LogP contribution in [0.2, 0.25) is 0 Å². The number of fused-ring (bicyclic) bond motifs is 5. The van der Waals surface area contributed by atoms with E-state index in [1.807, 2.05) is 13.1 Å². The Labute approximate surface area is 197 Å². The van der Waals surface area contributed by atoms with Crippen LogP contribution in [-0.4, -0.2) is 53.3 Å². The molecular formula is C25H38N2O4S. The molecule has 0 amide bonds. The fourth-order valence-electron chi connectivity index (χ4n) is 6.05. The van der Waals surface area contributed by atoms with E-state index in [9.17, 15) is 15.0 Å². The van der Waals surface area contributed by atoms with Crippen molar-refractivity contribution in [2.75, 3.05) is 20.2 Å². The number of benzene rings is 1. The molecule has 0 bridgehead atoms. The second-order valence-corrected chi connectivity index (χ2v) is 11.5. The third-order valence-electron chi connectivity index (χ3n) is 7.49. The van der Waals surface area contributed by atoms with E-state index < -0.39 is 0 Å². The molecule has 1 aromatic rings. The average molecular weight is 463 g/mol. The summed E-state index contributed by atoms with van der Waals surface area (Å²) >= 11 is 4.27. The second-order valence-electron chi connectivity index (χ2n) is 10.3. The highest BCUT2D eigenvalue weighted by atomic mass is 32.1. The predicted octanol–water partition coefficient (Wildman–Crippen LogP) is 3.90. The number of hydrogen-bond donors (Lipinski definition) is 4. The van der Waals surface area contributed by atoms with Crippen LogP contribution < -0.4 is 5.32 Å². The van der Waals surface area contributed by atoms with Gasteiger partial charge < -0.3 is 20.4 Å². The van der Waals surface area contributed by atoms with Gasteiger partial charge in [0.25, 0.3) is 0 Å². The van der Waals surface area contributed by atoms with Crippen LogP contribution in [0.15, 0.2) is 23.4 Å². The Bertz CT molecular complexity index is 838. The average Bonchev–Trinajstić information content (AvgIpc) is 3.02. The summed E-state index contributed by atoms with van der Waals surface area (Å²) < 4.78 is 0.134. The molecule has 0 aromatic heterocycles. The van der Waals surface area contributed by atoms with Gasteiger partial charge in [0.15, 0.2) is 12.9 Å². The highest BCUT2D eigenvalue weighted by Crippen LogP contribution is 2.61. The lowest BCUT2D eigenvalue weighted by molar-refractivity contribution is -0.111. The van der Waals surface area contributed by atoms with Gasteiger partial charge in [-0.1, -0.05) is 18.1 Å². The summed E-state index contributed by atoms with van der Waals surface area (Å²) in [5, 5.41) is 27.7. The Morgan fingerprint density at radius 3 is 2.72 bits per heavy atom. The van der Waals surface area contributed by atoms with Crippen LogP contribution in [-0.2, 0) is 9.63 Å². The van der Waals surface area contributed by atoms with E-state index in [0.29, 0.717) is 24.0 Å². The molecule has 0 aliphatic heterocycles. The first-order valence-corrected chi connectivity index (χ1v) is 12.1. The van der Waals surface area contributed by atoms with Crippen molar-refractivity contribution >= 4 is 24.6 Å². The van der Waals surface area contributed by atoms with Gasteiger partial charge in [-0.25, -0.2) is 0 Å². The molecule has 5 unspecified atom stereocenters. The zero-order valence-corrected chi connectivity index (χ0v) is 20.6. The quantitative estimate of drug-likeness (QED) is 0.231. The van der Waals surface area contributed by atoms with Crippen LogP contribution in [0.4, 0.5) is 0 Å². The third kappa shape index (κ3) is 5.32. The molecule has 6 nitrogen and oxygen atoms in total. The number of oxime groups is 1. The molecule has 0 heterocycles. The minimum atomic E-state index is -0.216. The molecule has 4 rings (SSSR count). The molecule has 32 heavy (non-hydrogen) atoms. The number of nitrogens with one attached hydrogen (secondary N) is 1. The summed E-state index contributed by atoms with van der Waals surface area (Å²) in [6.07, 6.45) is 5.25. The molecule has 2 saturated carbocycles. The number of aliphatic hydroxyl groups excluding tert-OH is 1. The summed E-state index contributed by atoms with van der Waals surface area (Å²) in [6.45, 7) is 7.28. The maximum Gasteiger partial charge on any atom is 0.172 e. The molecule has 5 atom stereocenters. The predicted molar refractivity (Wildman–Crippen MR) is 131 cm³/mol. The maximum atomic E-state index is 10.5. The minimum Gasteiger partial charge on any atom is -0.508 e. The van der Waals surface area contributed by atoms with Crippen molar-refractivity contribution in [1.82, 2.24) is 5.32 Å². The lowest BCUT2D eigenvalue weighted by atomic mass is 9.55. The van der Waals surface area contributed by atoms with Crippen LogP contribution in [0.1, 0.15) is 69.9 Å². The number of aromatic hydroxyl groups is 1. The van der Waals surface area contributed by atoms with Crippen LogP contribution in [0.5, 0.6) is 5.75 Å². The number of carbonyl (C=O) groups is 1. The Morgan fingerprint density at radius 2 is 2.09 bits per heavy atom. The number of rotatable bonds is 5. The summed E-state index contributed by atoms with van der Waals surface area (Å²) in [7, 11) is 1.93. The van der Waals surface area contributed by atoms with E-state index in [4.69, 9.17) is 4.84 Å². The van der Waals surface area contributed by atoms with E-state index in [-0.39, 0.29) is 28.6 Å². The van der Waals surface area contributed by atoms with Crippen molar-refractivity contribution < 1.29 is 19.8 Å². The van der Waals surface area contributed by atoms with Crippen LogP contribution in [0, 0.1) is 17.3 Å². The third-order valence-corrected chi connectivity index (χ3v) is 7.65. The fourth-order valence-corrected chi connectivity index (χ4v) is 6.20. The Hall–Kier alpha value is -1.57. The van der Waals surface area contributed by atoms with Gasteiger partial charge in [0, 0.05) is 16.9 Å². The zero-order valence-electron chi connectivity index (χ0n) is 19.7. The Balaban J connectivity index is 0.000000360. The normalized spacial score (nSPS) is 32.2. The largest absolute Gasteiger partial charge is 0.508 e. The van der Waals surface area contributed by atoms with E-state index in [2.05, 4.69) is 43.9 Å². The number of aldehydes is 1. The Morgan fingerprint density at radius 1 is 1.34 bits per heavy atom. The van der Waals surface area contributed by atoms with Gasteiger partial charge in [-0.05, 0) is 93.9 Å². The monoisotopic (exact) mass is 462 g/mol. The van der Waals surface area contributed by atoms with Crippen LogP contribution in [0.3, 0.4) is 0 Å². The van der Waals surface area contributed by atoms with Gasteiger partial charge in [-0.2, -0.15) is 12.6 Å². The first-order chi connectivity index (χ1) is 15.1. The first kappa shape index (κ1) is 25.1. The molecule has 2 fully saturated rings. The number of phenolic OH excluding ortho intramolecular Hbond substituents is 1. The van der Waals surface area contributed by atoms with Crippen LogP contribution >= 0.6 is 12.6 Å². The summed E-state index contributed by atoms with van der Waals surface area (Å²) in [6, 6.07) is 5.50. The standard InChI is InChI=1S/C20H25NO4.C5H13NS/c1-20-7-6-14-13-3-2-12(23)10-16(13)18(21-25-9-8-22)11-15(14)17(20)4-5-19(20)24;1-5(2,7)4-6-3/h2-3,8,10,14-15,17,19,23-24H,4-7,9,11H2,1H3;6-7H,4H2,1-3H3/b21-18+;. The topological polar surface area (TPSA) is 91.2 Å². The number of aliphatic hydroxyl groups is 1. The number of nitrogens with zero attached hydrogens (tertiary/aromatic N) is 1. The van der Waals surface area contributed by atoms with E-state index in [1.54, 1.807) is 12.1 Å². The lowest BCUT2D eigenvalue weighted by Gasteiger charge is -2.50. The van der Waals surface area contributed by atoms with Gasteiger partial charge in [0.2, 0.25) is 0 Å². The SMILES string of the molecule is CC12CCC3c4ccc(O)cc4/C(=N/OCC=O)CC3C1CCC2O.CNCC(C)(C)S. The van der Waals surface area contributed by atoms with E-state index in [1.165, 1.54) is 5.56 Å². The molecule has 3 N–H and O–H groups in total. The van der Waals surface area contributed by atoms with Gasteiger partial charge in [-0.3, -0.25) is 4.79 Å². The van der Waals surface area contributed by atoms with Gasteiger partial charge in [0.05, 0.1) is 11.8 Å². The van der Waals surface area contributed by atoms with Gasteiger partial charge in [0.1, 0.15) is 5.75 Å². The lowest BCUT2D eigenvalue weighted by Crippen LogP contribution is -2.45. The molecule has 7 heteroatoms. The summed E-state index contributed by atoms with van der Waals surface area (Å²) in [5.41, 5.74) is 2.95. The van der Waals surface area contributed by atoms with Crippen molar-refractivity contribution in [2.45, 2.75) is 69.6 Å².